The summed E-state index contributed by atoms with van der Waals surface area (Å²) >= 11 is 0. The normalized spacial score (nSPS) is 10.6. The summed E-state index contributed by atoms with van der Waals surface area (Å²) in [5.41, 5.74) is 8.38. The number of aryl methyl sites for hydroxylation is 1. The van der Waals surface area contributed by atoms with Crippen molar-refractivity contribution in [2.45, 2.75) is 6.92 Å². The van der Waals surface area contributed by atoms with E-state index in [4.69, 9.17) is 5.73 Å². The van der Waals surface area contributed by atoms with Crippen molar-refractivity contribution >= 4 is 5.95 Å². The summed E-state index contributed by atoms with van der Waals surface area (Å²) in [4.78, 5) is 4.16. The highest BCUT2D eigenvalue weighted by Crippen LogP contribution is 2.24. The van der Waals surface area contributed by atoms with Crippen molar-refractivity contribution in [3.8, 4) is 11.3 Å². The number of nitrogen functional groups attached to an aromatic ring is 1. The van der Waals surface area contributed by atoms with E-state index in [9.17, 15) is 4.39 Å². The molecule has 2 aromatic rings. The van der Waals surface area contributed by atoms with Crippen molar-refractivity contribution < 1.29 is 4.39 Å². The van der Waals surface area contributed by atoms with E-state index in [2.05, 4.69) is 4.98 Å². The quantitative estimate of drug-likeness (QED) is 0.774. The molecule has 0 aliphatic heterocycles. The Hall–Kier alpha value is -1.84. The molecule has 1 aromatic heterocycles. The molecule has 0 fully saturated rings. The molecule has 0 atom stereocenters. The van der Waals surface area contributed by atoms with E-state index < -0.39 is 0 Å². The van der Waals surface area contributed by atoms with Crippen LogP contribution in [0.1, 0.15) is 5.69 Å². The SMILES string of the molecule is Cc1nc(N)n(C)c1-c1ccc(F)cc1. The molecular weight excluding hydrogens is 193 g/mol. The Morgan fingerprint density at radius 1 is 1.27 bits per heavy atom. The van der Waals surface area contributed by atoms with Crippen LogP contribution in [-0.4, -0.2) is 9.55 Å². The van der Waals surface area contributed by atoms with Gasteiger partial charge in [0.2, 0.25) is 5.95 Å². The van der Waals surface area contributed by atoms with Crippen molar-refractivity contribution in [1.29, 1.82) is 0 Å². The Morgan fingerprint density at radius 3 is 2.33 bits per heavy atom. The minimum absolute atomic E-state index is 0.244. The molecule has 0 radical (unpaired) electrons. The van der Waals surface area contributed by atoms with Crippen LogP contribution in [0.4, 0.5) is 10.3 Å². The molecular formula is C11H12FN3. The van der Waals surface area contributed by atoms with Crippen molar-refractivity contribution in [2.24, 2.45) is 7.05 Å². The van der Waals surface area contributed by atoms with Crippen LogP contribution in [0.15, 0.2) is 24.3 Å². The van der Waals surface area contributed by atoms with Crippen LogP contribution in [0.5, 0.6) is 0 Å². The fourth-order valence-corrected chi connectivity index (χ4v) is 1.67. The fraction of sp³-hybridized carbons (Fsp3) is 0.182. The molecule has 0 unspecified atom stereocenters. The molecule has 0 aliphatic carbocycles. The monoisotopic (exact) mass is 205 g/mol. The summed E-state index contributed by atoms with van der Waals surface area (Å²) in [6, 6.07) is 6.30. The number of halogens is 1. The average Bonchev–Trinajstić information content (AvgIpc) is 2.44. The van der Waals surface area contributed by atoms with Gasteiger partial charge in [-0.15, -0.1) is 0 Å². The average molecular weight is 205 g/mol. The lowest BCUT2D eigenvalue weighted by Gasteiger charge is -2.04. The Morgan fingerprint density at radius 2 is 1.87 bits per heavy atom. The standard InChI is InChI=1S/C11H12FN3/c1-7-10(15(2)11(13)14-7)8-3-5-9(12)6-4-8/h3-6H,1-2H3,(H2,13,14). The largest absolute Gasteiger partial charge is 0.369 e. The lowest BCUT2D eigenvalue weighted by Crippen LogP contribution is -1.98. The smallest absolute Gasteiger partial charge is 0.200 e. The van der Waals surface area contributed by atoms with Crippen LogP contribution in [0.2, 0.25) is 0 Å². The molecule has 0 spiro atoms. The van der Waals surface area contributed by atoms with E-state index in [0.717, 1.165) is 17.0 Å². The molecule has 0 bridgehead atoms. The van der Waals surface area contributed by atoms with Gasteiger partial charge in [-0.3, -0.25) is 0 Å². The molecule has 0 aliphatic rings. The number of nitrogens with zero attached hydrogens (tertiary/aromatic N) is 2. The number of hydrogen-bond acceptors (Lipinski definition) is 2. The summed E-state index contributed by atoms with van der Waals surface area (Å²) in [5.74, 6) is 0.221. The molecule has 0 saturated carbocycles. The van der Waals surface area contributed by atoms with Crippen molar-refractivity contribution in [3.63, 3.8) is 0 Å². The zero-order valence-corrected chi connectivity index (χ0v) is 8.66. The molecule has 1 heterocycles. The van der Waals surface area contributed by atoms with E-state index in [1.54, 1.807) is 16.7 Å². The van der Waals surface area contributed by atoms with E-state index >= 15 is 0 Å². The number of nitrogens with two attached hydrogens (primary N) is 1. The van der Waals surface area contributed by atoms with Gasteiger partial charge >= 0.3 is 0 Å². The Labute approximate surface area is 87.4 Å². The second-order valence-electron chi connectivity index (χ2n) is 3.47. The van der Waals surface area contributed by atoms with Crippen LogP contribution in [0, 0.1) is 12.7 Å². The molecule has 0 saturated heterocycles. The van der Waals surface area contributed by atoms with Crippen LogP contribution < -0.4 is 5.73 Å². The summed E-state index contributed by atoms with van der Waals surface area (Å²) in [5, 5.41) is 0. The third kappa shape index (κ3) is 1.58. The number of anilines is 1. The highest BCUT2D eigenvalue weighted by molar-refractivity contribution is 5.64. The van der Waals surface area contributed by atoms with E-state index in [-0.39, 0.29) is 5.82 Å². The van der Waals surface area contributed by atoms with Gasteiger partial charge in [0, 0.05) is 12.6 Å². The number of aromatic nitrogens is 2. The lowest BCUT2D eigenvalue weighted by atomic mass is 10.1. The topological polar surface area (TPSA) is 43.8 Å². The summed E-state index contributed by atoms with van der Waals surface area (Å²) < 4.78 is 14.6. The second kappa shape index (κ2) is 3.38. The van der Waals surface area contributed by atoms with Gasteiger partial charge in [0.15, 0.2) is 0 Å². The Kier molecular flexibility index (Phi) is 2.19. The minimum Gasteiger partial charge on any atom is -0.369 e. The van der Waals surface area contributed by atoms with Crippen LogP contribution in [0.25, 0.3) is 11.3 Å². The van der Waals surface area contributed by atoms with Gasteiger partial charge in [-0.25, -0.2) is 9.37 Å². The van der Waals surface area contributed by atoms with Crippen LogP contribution in [-0.2, 0) is 7.05 Å². The predicted octanol–water partition coefficient (Wildman–Crippen LogP) is 2.12. The fourth-order valence-electron chi connectivity index (χ4n) is 1.67. The number of benzene rings is 1. The molecule has 2 N–H and O–H groups in total. The van der Waals surface area contributed by atoms with Gasteiger partial charge in [0.05, 0.1) is 11.4 Å². The van der Waals surface area contributed by atoms with Gasteiger partial charge in [0.25, 0.3) is 0 Å². The first kappa shape index (κ1) is 9.71. The first-order valence-electron chi connectivity index (χ1n) is 4.64. The zero-order valence-electron chi connectivity index (χ0n) is 8.66. The number of rotatable bonds is 1. The molecule has 3 nitrogen and oxygen atoms in total. The van der Waals surface area contributed by atoms with Crippen molar-refractivity contribution in [1.82, 2.24) is 9.55 Å². The zero-order chi connectivity index (χ0) is 11.0. The minimum atomic E-state index is -0.244. The van der Waals surface area contributed by atoms with Crippen molar-refractivity contribution in [3.05, 3.63) is 35.8 Å². The first-order valence-corrected chi connectivity index (χ1v) is 4.64. The molecule has 4 heteroatoms. The van der Waals surface area contributed by atoms with Crippen LogP contribution >= 0.6 is 0 Å². The van der Waals surface area contributed by atoms with Gasteiger partial charge in [-0.05, 0) is 31.2 Å². The van der Waals surface area contributed by atoms with Gasteiger partial charge in [-0.2, -0.15) is 0 Å². The van der Waals surface area contributed by atoms with Gasteiger partial charge in [0.1, 0.15) is 5.82 Å². The van der Waals surface area contributed by atoms with Gasteiger partial charge in [-0.1, -0.05) is 0 Å². The van der Waals surface area contributed by atoms with Crippen LogP contribution in [0.3, 0.4) is 0 Å². The Bertz CT molecular complexity index is 485. The molecule has 78 valence electrons. The number of hydrogen-bond donors (Lipinski definition) is 1. The molecule has 2 rings (SSSR count). The van der Waals surface area contributed by atoms with E-state index in [0.29, 0.717) is 5.95 Å². The maximum absolute atomic E-state index is 12.8. The van der Waals surface area contributed by atoms with E-state index in [1.807, 2.05) is 14.0 Å². The highest BCUT2D eigenvalue weighted by Gasteiger charge is 2.10. The van der Waals surface area contributed by atoms with Crippen molar-refractivity contribution in [2.75, 3.05) is 5.73 Å². The number of imidazole rings is 1. The maximum atomic E-state index is 12.8. The molecule has 1 aromatic carbocycles. The predicted molar refractivity (Wildman–Crippen MR) is 57.8 cm³/mol. The summed E-state index contributed by atoms with van der Waals surface area (Å²) in [7, 11) is 1.84. The first-order chi connectivity index (χ1) is 7.09. The second-order valence-corrected chi connectivity index (χ2v) is 3.47. The van der Waals surface area contributed by atoms with Gasteiger partial charge < -0.3 is 10.3 Å². The Balaban J connectivity index is 2.58. The summed E-state index contributed by atoms with van der Waals surface area (Å²) in [6.45, 7) is 1.88. The molecule has 15 heavy (non-hydrogen) atoms. The van der Waals surface area contributed by atoms with E-state index in [1.165, 1.54) is 12.1 Å². The third-order valence-corrected chi connectivity index (χ3v) is 2.42. The third-order valence-electron chi connectivity index (χ3n) is 2.42. The highest BCUT2D eigenvalue weighted by atomic mass is 19.1. The maximum Gasteiger partial charge on any atom is 0.200 e. The lowest BCUT2D eigenvalue weighted by molar-refractivity contribution is 0.628. The molecule has 0 amide bonds. The summed E-state index contributed by atoms with van der Waals surface area (Å²) in [6.07, 6.45) is 0.